The van der Waals surface area contributed by atoms with E-state index in [9.17, 15) is 0 Å². The molecule has 2 fully saturated rings. The molecular formula is C14H29N3. The summed E-state index contributed by atoms with van der Waals surface area (Å²) in [6.07, 6.45) is 2.62. The summed E-state index contributed by atoms with van der Waals surface area (Å²) >= 11 is 0. The van der Waals surface area contributed by atoms with Crippen LogP contribution in [0.3, 0.4) is 0 Å². The summed E-state index contributed by atoms with van der Waals surface area (Å²) in [6, 6.07) is 2.22. The number of rotatable bonds is 2. The van der Waals surface area contributed by atoms with Gasteiger partial charge >= 0.3 is 0 Å². The van der Waals surface area contributed by atoms with E-state index in [1.165, 1.54) is 39.0 Å². The standard InChI is InChI=1S/C14H29N3/c1-5-13-8-15-12(3)10-17(13)14-6-7-16(4)9-11(14)2/h11-15H,5-10H2,1-4H3. The van der Waals surface area contributed by atoms with E-state index in [1.54, 1.807) is 0 Å². The molecule has 0 aromatic rings. The van der Waals surface area contributed by atoms with Gasteiger partial charge < -0.3 is 10.2 Å². The number of hydrogen-bond donors (Lipinski definition) is 1. The van der Waals surface area contributed by atoms with Crippen LogP contribution in [0.2, 0.25) is 0 Å². The van der Waals surface area contributed by atoms with Crippen molar-refractivity contribution in [3.05, 3.63) is 0 Å². The molecule has 17 heavy (non-hydrogen) atoms. The lowest BCUT2D eigenvalue weighted by Gasteiger charge is -2.48. The predicted molar refractivity (Wildman–Crippen MR) is 73.3 cm³/mol. The van der Waals surface area contributed by atoms with Gasteiger partial charge in [-0.05, 0) is 39.3 Å². The molecule has 0 spiro atoms. The van der Waals surface area contributed by atoms with Crippen LogP contribution in [0.4, 0.5) is 0 Å². The zero-order chi connectivity index (χ0) is 12.4. The zero-order valence-corrected chi connectivity index (χ0v) is 11.9. The highest BCUT2D eigenvalue weighted by Gasteiger charge is 2.35. The Morgan fingerprint density at radius 2 is 2.00 bits per heavy atom. The number of piperidine rings is 1. The van der Waals surface area contributed by atoms with E-state index in [2.05, 4.69) is 42.9 Å². The number of likely N-dealkylation sites (tertiary alicyclic amines) is 1. The van der Waals surface area contributed by atoms with Crippen molar-refractivity contribution < 1.29 is 0 Å². The van der Waals surface area contributed by atoms with E-state index >= 15 is 0 Å². The highest BCUT2D eigenvalue weighted by Crippen LogP contribution is 2.25. The summed E-state index contributed by atoms with van der Waals surface area (Å²) in [5.41, 5.74) is 0. The molecule has 0 aromatic heterocycles. The van der Waals surface area contributed by atoms with E-state index in [-0.39, 0.29) is 0 Å². The van der Waals surface area contributed by atoms with Gasteiger partial charge in [0.15, 0.2) is 0 Å². The summed E-state index contributed by atoms with van der Waals surface area (Å²) < 4.78 is 0. The average molecular weight is 239 g/mol. The van der Waals surface area contributed by atoms with Gasteiger partial charge in [-0.15, -0.1) is 0 Å². The minimum atomic E-state index is 0.657. The highest BCUT2D eigenvalue weighted by atomic mass is 15.3. The molecule has 2 saturated heterocycles. The van der Waals surface area contributed by atoms with Crippen LogP contribution in [0.5, 0.6) is 0 Å². The molecule has 100 valence electrons. The predicted octanol–water partition coefficient (Wildman–Crippen LogP) is 1.40. The van der Waals surface area contributed by atoms with Crippen LogP contribution in [0, 0.1) is 5.92 Å². The molecule has 0 bridgehead atoms. The second kappa shape index (κ2) is 5.68. The van der Waals surface area contributed by atoms with E-state index in [1.807, 2.05) is 0 Å². The Kier molecular flexibility index (Phi) is 4.45. The van der Waals surface area contributed by atoms with Crippen LogP contribution < -0.4 is 5.32 Å². The van der Waals surface area contributed by atoms with Crippen molar-refractivity contribution in [2.75, 3.05) is 33.2 Å². The first-order valence-electron chi connectivity index (χ1n) is 7.29. The zero-order valence-electron chi connectivity index (χ0n) is 11.9. The van der Waals surface area contributed by atoms with Gasteiger partial charge in [-0.3, -0.25) is 4.90 Å². The van der Waals surface area contributed by atoms with Crippen molar-refractivity contribution >= 4 is 0 Å². The largest absolute Gasteiger partial charge is 0.311 e. The number of nitrogens with zero attached hydrogens (tertiary/aromatic N) is 2. The van der Waals surface area contributed by atoms with Crippen molar-refractivity contribution in [3.63, 3.8) is 0 Å². The molecule has 3 heteroatoms. The van der Waals surface area contributed by atoms with Gasteiger partial charge in [0.2, 0.25) is 0 Å². The fourth-order valence-corrected chi connectivity index (χ4v) is 3.60. The quantitative estimate of drug-likeness (QED) is 0.786. The number of hydrogen-bond acceptors (Lipinski definition) is 3. The molecule has 0 radical (unpaired) electrons. The Balaban J connectivity index is 2.02. The lowest BCUT2D eigenvalue weighted by Crippen LogP contribution is -2.61. The van der Waals surface area contributed by atoms with Crippen molar-refractivity contribution in [2.24, 2.45) is 5.92 Å². The first kappa shape index (κ1) is 13.3. The molecule has 2 aliphatic heterocycles. The van der Waals surface area contributed by atoms with E-state index in [0.29, 0.717) is 6.04 Å². The van der Waals surface area contributed by atoms with Crippen LogP contribution in [0.25, 0.3) is 0 Å². The summed E-state index contributed by atoms with van der Waals surface area (Å²) in [6.45, 7) is 12.0. The third-order valence-corrected chi connectivity index (χ3v) is 4.62. The SMILES string of the molecule is CCC1CNC(C)CN1C1CCN(C)CC1C. The minimum absolute atomic E-state index is 0.657. The second-order valence-electron chi connectivity index (χ2n) is 6.16. The first-order chi connectivity index (χ1) is 8.11. The van der Waals surface area contributed by atoms with Crippen LogP contribution in [-0.4, -0.2) is 61.2 Å². The highest BCUT2D eigenvalue weighted by molar-refractivity contribution is 4.92. The molecule has 2 rings (SSSR count). The lowest BCUT2D eigenvalue weighted by molar-refractivity contribution is 0.0184. The third-order valence-electron chi connectivity index (χ3n) is 4.62. The van der Waals surface area contributed by atoms with Gasteiger partial charge in [0.25, 0.3) is 0 Å². The van der Waals surface area contributed by atoms with Crippen molar-refractivity contribution in [1.29, 1.82) is 0 Å². The molecule has 4 atom stereocenters. The van der Waals surface area contributed by atoms with Gasteiger partial charge in [-0.1, -0.05) is 13.8 Å². The van der Waals surface area contributed by atoms with Crippen LogP contribution in [-0.2, 0) is 0 Å². The molecule has 0 amide bonds. The van der Waals surface area contributed by atoms with E-state index in [4.69, 9.17) is 0 Å². The third kappa shape index (κ3) is 3.01. The van der Waals surface area contributed by atoms with E-state index < -0.39 is 0 Å². The van der Waals surface area contributed by atoms with Crippen LogP contribution >= 0.6 is 0 Å². The van der Waals surface area contributed by atoms with Crippen molar-refractivity contribution in [2.45, 2.75) is 51.7 Å². The number of piperazine rings is 1. The Morgan fingerprint density at radius 3 is 2.65 bits per heavy atom. The van der Waals surface area contributed by atoms with E-state index in [0.717, 1.165) is 18.0 Å². The molecule has 1 N–H and O–H groups in total. The van der Waals surface area contributed by atoms with Crippen molar-refractivity contribution in [3.8, 4) is 0 Å². The van der Waals surface area contributed by atoms with Gasteiger partial charge in [-0.25, -0.2) is 0 Å². The minimum Gasteiger partial charge on any atom is -0.311 e. The van der Waals surface area contributed by atoms with Gasteiger partial charge in [-0.2, -0.15) is 0 Å². The molecule has 0 aromatic carbocycles. The Bertz CT molecular complexity index is 244. The fraction of sp³-hybridized carbons (Fsp3) is 1.00. The topological polar surface area (TPSA) is 18.5 Å². The first-order valence-corrected chi connectivity index (χ1v) is 7.29. The molecule has 0 aliphatic carbocycles. The van der Waals surface area contributed by atoms with Crippen molar-refractivity contribution in [1.82, 2.24) is 15.1 Å². The smallest absolute Gasteiger partial charge is 0.0221 e. The molecule has 0 saturated carbocycles. The summed E-state index contributed by atoms with van der Waals surface area (Å²) in [4.78, 5) is 5.28. The normalized spacial score (nSPS) is 41.6. The van der Waals surface area contributed by atoms with Gasteiger partial charge in [0, 0.05) is 37.8 Å². The Labute approximate surface area is 107 Å². The molecular weight excluding hydrogens is 210 g/mol. The fourth-order valence-electron chi connectivity index (χ4n) is 3.60. The maximum absolute atomic E-state index is 3.62. The molecule has 2 aliphatic rings. The van der Waals surface area contributed by atoms with Gasteiger partial charge in [0.1, 0.15) is 0 Å². The lowest BCUT2D eigenvalue weighted by atomic mass is 9.90. The summed E-state index contributed by atoms with van der Waals surface area (Å²) in [7, 11) is 2.25. The maximum atomic E-state index is 3.62. The van der Waals surface area contributed by atoms with Crippen LogP contribution in [0.15, 0.2) is 0 Å². The monoisotopic (exact) mass is 239 g/mol. The number of nitrogens with one attached hydrogen (secondary N) is 1. The second-order valence-corrected chi connectivity index (χ2v) is 6.16. The molecule has 3 nitrogen and oxygen atoms in total. The summed E-state index contributed by atoms with van der Waals surface area (Å²) in [5.74, 6) is 0.813. The summed E-state index contributed by atoms with van der Waals surface area (Å²) in [5, 5.41) is 3.62. The average Bonchev–Trinajstić information content (AvgIpc) is 2.29. The molecule has 4 unspecified atom stereocenters. The molecule has 2 heterocycles. The van der Waals surface area contributed by atoms with Crippen LogP contribution in [0.1, 0.15) is 33.6 Å². The van der Waals surface area contributed by atoms with Gasteiger partial charge in [0.05, 0.1) is 0 Å². The Morgan fingerprint density at radius 1 is 1.24 bits per heavy atom. The Hall–Kier alpha value is -0.120. The maximum Gasteiger partial charge on any atom is 0.0221 e.